The van der Waals surface area contributed by atoms with Gasteiger partial charge in [-0.1, -0.05) is 11.3 Å². The first kappa shape index (κ1) is 11.1. The highest BCUT2D eigenvalue weighted by Gasteiger charge is 2.07. The molecule has 0 saturated carbocycles. The molecule has 0 saturated heterocycles. The van der Waals surface area contributed by atoms with Crippen LogP contribution in [0.25, 0.3) is 0 Å². The second kappa shape index (κ2) is 4.60. The van der Waals surface area contributed by atoms with Crippen LogP contribution in [0.3, 0.4) is 0 Å². The van der Waals surface area contributed by atoms with Crippen molar-refractivity contribution in [3.63, 3.8) is 0 Å². The zero-order valence-corrected chi connectivity index (χ0v) is 9.27. The van der Waals surface area contributed by atoms with Gasteiger partial charge < -0.3 is 11.1 Å². The third kappa shape index (κ3) is 2.57. The van der Waals surface area contributed by atoms with Crippen molar-refractivity contribution in [1.29, 1.82) is 0 Å². The number of nitrogens with zero attached hydrogens (tertiary/aromatic N) is 3. The van der Waals surface area contributed by atoms with Crippen LogP contribution in [-0.2, 0) is 6.54 Å². The van der Waals surface area contributed by atoms with Gasteiger partial charge in [0.2, 0.25) is 0 Å². The predicted octanol–water partition coefficient (Wildman–Crippen LogP) is 0.0203. The number of aryl methyl sites for hydroxylation is 1. The van der Waals surface area contributed by atoms with Crippen LogP contribution in [0.4, 0.5) is 5.69 Å². The van der Waals surface area contributed by atoms with Gasteiger partial charge >= 0.3 is 0 Å². The number of benzene rings is 1. The highest BCUT2D eigenvalue weighted by molar-refractivity contribution is 5.95. The number of anilines is 1. The molecule has 1 amide bonds. The first-order chi connectivity index (χ1) is 8.16. The van der Waals surface area contributed by atoms with E-state index in [4.69, 9.17) is 5.73 Å². The van der Waals surface area contributed by atoms with E-state index in [2.05, 4.69) is 25.9 Å². The van der Waals surface area contributed by atoms with Crippen molar-refractivity contribution in [3.8, 4) is 0 Å². The van der Waals surface area contributed by atoms with Crippen LogP contribution in [-0.4, -0.2) is 26.5 Å². The molecule has 0 aliphatic heterocycles. The van der Waals surface area contributed by atoms with Gasteiger partial charge in [0.15, 0.2) is 5.82 Å². The number of carbonyl (C=O) groups excluding carboxylic acids is 1. The maximum Gasteiger partial charge on any atom is 0.251 e. The lowest BCUT2D eigenvalue weighted by Crippen LogP contribution is -2.23. The molecule has 1 aromatic carbocycles. The van der Waals surface area contributed by atoms with E-state index in [1.165, 1.54) is 0 Å². The maximum atomic E-state index is 11.8. The molecule has 2 aromatic rings. The van der Waals surface area contributed by atoms with Crippen molar-refractivity contribution < 1.29 is 4.79 Å². The number of amides is 1. The SMILES string of the molecule is Cc1ccc(C(=O)NCc2nn[nH]n2)cc1N. The smallest absolute Gasteiger partial charge is 0.251 e. The summed E-state index contributed by atoms with van der Waals surface area (Å²) in [5.41, 5.74) is 7.78. The number of rotatable bonds is 3. The Kier molecular flexibility index (Phi) is 2.99. The molecule has 88 valence electrons. The average Bonchev–Trinajstić information content (AvgIpc) is 2.82. The van der Waals surface area contributed by atoms with E-state index in [1.807, 2.05) is 6.92 Å². The Bertz CT molecular complexity index is 522. The molecule has 7 heteroatoms. The van der Waals surface area contributed by atoms with E-state index in [9.17, 15) is 4.79 Å². The molecular weight excluding hydrogens is 220 g/mol. The summed E-state index contributed by atoms with van der Waals surface area (Å²) in [5, 5.41) is 15.8. The number of nitrogens with two attached hydrogens (primary N) is 1. The van der Waals surface area contributed by atoms with Gasteiger partial charge in [0, 0.05) is 11.3 Å². The standard InChI is InChI=1S/C10H12N6O/c1-6-2-3-7(4-8(6)11)10(17)12-5-9-13-15-16-14-9/h2-4H,5,11H2,1H3,(H,12,17)(H,13,14,15,16). The van der Waals surface area contributed by atoms with Crippen LogP contribution in [0, 0.1) is 6.92 Å². The van der Waals surface area contributed by atoms with Gasteiger partial charge in [-0.3, -0.25) is 4.79 Å². The molecule has 0 atom stereocenters. The van der Waals surface area contributed by atoms with E-state index in [1.54, 1.807) is 18.2 Å². The lowest BCUT2D eigenvalue weighted by Gasteiger charge is -2.05. The van der Waals surface area contributed by atoms with E-state index in [0.29, 0.717) is 17.1 Å². The summed E-state index contributed by atoms with van der Waals surface area (Å²) >= 11 is 0. The van der Waals surface area contributed by atoms with Crippen molar-refractivity contribution in [3.05, 3.63) is 35.2 Å². The molecule has 7 nitrogen and oxygen atoms in total. The Hall–Kier alpha value is -2.44. The Morgan fingerprint density at radius 3 is 3.00 bits per heavy atom. The Labute approximate surface area is 97.4 Å². The molecule has 0 unspecified atom stereocenters. The Morgan fingerprint density at radius 2 is 2.35 bits per heavy atom. The molecule has 1 aromatic heterocycles. The normalized spacial score (nSPS) is 10.2. The molecule has 0 fully saturated rings. The highest BCUT2D eigenvalue weighted by Crippen LogP contribution is 2.12. The fourth-order valence-corrected chi connectivity index (χ4v) is 1.30. The van der Waals surface area contributed by atoms with E-state index >= 15 is 0 Å². The molecule has 1 heterocycles. The summed E-state index contributed by atoms with van der Waals surface area (Å²) in [7, 11) is 0. The fraction of sp³-hybridized carbons (Fsp3) is 0.200. The number of tetrazole rings is 1. The van der Waals surface area contributed by atoms with Crippen molar-refractivity contribution in [2.45, 2.75) is 13.5 Å². The van der Waals surface area contributed by atoms with Gasteiger partial charge in [-0.05, 0) is 24.6 Å². The third-order valence-corrected chi connectivity index (χ3v) is 2.34. The minimum Gasteiger partial charge on any atom is -0.398 e. The van der Waals surface area contributed by atoms with Crippen LogP contribution in [0.1, 0.15) is 21.7 Å². The summed E-state index contributed by atoms with van der Waals surface area (Å²) in [6.07, 6.45) is 0. The van der Waals surface area contributed by atoms with Gasteiger partial charge in [0.1, 0.15) is 0 Å². The second-order valence-corrected chi connectivity index (χ2v) is 3.58. The van der Waals surface area contributed by atoms with Gasteiger partial charge in [-0.25, -0.2) is 0 Å². The Balaban J connectivity index is 2.02. The van der Waals surface area contributed by atoms with Crippen LogP contribution in [0.2, 0.25) is 0 Å². The van der Waals surface area contributed by atoms with E-state index < -0.39 is 0 Å². The number of aromatic amines is 1. The number of nitrogen functional groups attached to an aromatic ring is 1. The van der Waals surface area contributed by atoms with Gasteiger partial charge in [0.05, 0.1) is 6.54 Å². The first-order valence-corrected chi connectivity index (χ1v) is 5.03. The largest absolute Gasteiger partial charge is 0.398 e. The number of nitrogens with one attached hydrogen (secondary N) is 2. The predicted molar refractivity (Wildman–Crippen MR) is 60.9 cm³/mol. The first-order valence-electron chi connectivity index (χ1n) is 5.03. The molecule has 0 spiro atoms. The molecule has 0 bridgehead atoms. The number of carbonyl (C=O) groups is 1. The third-order valence-electron chi connectivity index (χ3n) is 2.34. The number of hydrogen-bond acceptors (Lipinski definition) is 5. The van der Waals surface area contributed by atoms with Crippen LogP contribution < -0.4 is 11.1 Å². The lowest BCUT2D eigenvalue weighted by molar-refractivity contribution is 0.0950. The minimum absolute atomic E-state index is 0.221. The molecule has 0 aliphatic carbocycles. The fourth-order valence-electron chi connectivity index (χ4n) is 1.30. The lowest BCUT2D eigenvalue weighted by atomic mass is 10.1. The number of hydrogen-bond donors (Lipinski definition) is 3. The van der Waals surface area contributed by atoms with Crippen LogP contribution >= 0.6 is 0 Å². The van der Waals surface area contributed by atoms with Crippen LogP contribution in [0.5, 0.6) is 0 Å². The number of aromatic nitrogens is 4. The minimum atomic E-state index is -0.221. The zero-order valence-electron chi connectivity index (χ0n) is 9.27. The molecule has 0 radical (unpaired) electrons. The molecule has 2 rings (SSSR count). The topological polar surface area (TPSA) is 110 Å². The summed E-state index contributed by atoms with van der Waals surface area (Å²) in [6, 6.07) is 5.16. The van der Waals surface area contributed by atoms with Crippen molar-refractivity contribution >= 4 is 11.6 Å². The van der Waals surface area contributed by atoms with E-state index in [0.717, 1.165) is 5.56 Å². The monoisotopic (exact) mass is 232 g/mol. The second-order valence-electron chi connectivity index (χ2n) is 3.58. The van der Waals surface area contributed by atoms with E-state index in [-0.39, 0.29) is 12.5 Å². The summed E-state index contributed by atoms with van der Waals surface area (Å²) in [4.78, 5) is 11.8. The quantitative estimate of drug-likeness (QED) is 0.646. The molecule has 4 N–H and O–H groups in total. The highest BCUT2D eigenvalue weighted by atomic mass is 16.1. The summed E-state index contributed by atoms with van der Waals surface area (Å²) in [6.45, 7) is 2.11. The molecular formula is C10H12N6O. The van der Waals surface area contributed by atoms with Crippen molar-refractivity contribution in [2.24, 2.45) is 0 Å². The average molecular weight is 232 g/mol. The molecule has 17 heavy (non-hydrogen) atoms. The number of H-pyrrole nitrogens is 1. The zero-order chi connectivity index (χ0) is 12.3. The van der Waals surface area contributed by atoms with Crippen molar-refractivity contribution in [1.82, 2.24) is 25.9 Å². The van der Waals surface area contributed by atoms with Crippen molar-refractivity contribution in [2.75, 3.05) is 5.73 Å². The van der Waals surface area contributed by atoms with Gasteiger partial charge in [-0.2, -0.15) is 5.21 Å². The summed E-state index contributed by atoms with van der Waals surface area (Å²) < 4.78 is 0. The van der Waals surface area contributed by atoms with Gasteiger partial charge in [-0.15, -0.1) is 10.2 Å². The molecule has 0 aliphatic rings. The Morgan fingerprint density at radius 1 is 1.53 bits per heavy atom. The maximum absolute atomic E-state index is 11.8. The van der Waals surface area contributed by atoms with Crippen LogP contribution in [0.15, 0.2) is 18.2 Å². The summed E-state index contributed by atoms with van der Waals surface area (Å²) in [5.74, 6) is 0.208. The van der Waals surface area contributed by atoms with Gasteiger partial charge in [0.25, 0.3) is 5.91 Å².